The van der Waals surface area contributed by atoms with Crippen LogP contribution < -0.4 is 10.6 Å². The Labute approximate surface area is 128 Å². The predicted molar refractivity (Wildman–Crippen MR) is 85.6 cm³/mol. The molecule has 0 spiro atoms. The molecule has 0 fully saturated rings. The van der Waals surface area contributed by atoms with Gasteiger partial charge in [-0.1, -0.05) is 0 Å². The smallest absolute Gasteiger partial charge is 0.191 e. The Morgan fingerprint density at radius 3 is 2.38 bits per heavy atom. The topological polar surface area (TPSA) is 89.0 Å². The highest BCUT2D eigenvalue weighted by Gasteiger charge is 2.01. The number of nitrogens with zero attached hydrogens (tertiary/aromatic N) is 1. The van der Waals surface area contributed by atoms with Crippen molar-refractivity contribution in [3.05, 3.63) is 0 Å². The van der Waals surface area contributed by atoms with E-state index in [0.29, 0.717) is 13.2 Å². The van der Waals surface area contributed by atoms with Gasteiger partial charge in [-0.15, -0.1) is 0 Å². The van der Waals surface area contributed by atoms with Crippen LogP contribution in [-0.2, 0) is 19.3 Å². The Morgan fingerprint density at radius 2 is 1.76 bits per heavy atom. The molecule has 0 atom stereocenters. The van der Waals surface area contributed by atoms with E-state index in [4.69, 9.17) is 9.47 Å². The van der Waals surface area contributed by atoms with Crippen LogP contribution >= 0.6 is 0 Å². The molecule has 0 radical (unpaired) electrons. The Bertz CT molecular complexity index is 372. The molecular weight excluding hydrogens is 294 g/mol. The first-order valence-electron chi connectivity index (χ1n) is 7.27. The maximum absolute atomic E-state index is 10.9. The average molecular weight is 323 g/mol. The van der Waals surface area contributed by atoms with E-state index in [-0.39, 0.29) is 12.4 Å². The van der Waals surface area contributed by atoms with E-state index >= 15 is 0 Å². The van der Waals surface area contributed by atoms with Crippen LogP contribution in [-0.4, -0.2) is 73.0 Å². The van der Waals surface area contributed by atoms with Crippen molar-refractivity contribution in [2.45, 2.75) is 19.8 Å². The van der Waals surface area contributed by atoms with Gasteiger partial charge in [-0.2, -0.15) is 0 Å². The van der Waals surface area contributed by atoms with Crippen LogP contribution in [0.5, 0.6) is 0 Å². The van der Waals surface area contributed by atoms with Crippen LogP contribution in [0.3, 0.4) is 0 Å². The summed E-state index contributed by atoms with van der Waals surface area (Å²) in [6, 6.07) is 0. The lowest BCUT2D eigenvalue weighted by Crippen LogP contribution is -2.39. The van der Waals surface area contributed by atoms with E-state index in [0.717, 1.165) is 38.6 Å². The third kappa shape index (κ3) is 15.3. The van der Waals surface area contributed by atoms with Crippen LogP contribution in [0.25, 0.3) is 0 Å². The summed E-state index contributed by atoms with van der Waals surface area (Å²) in [5.41, 5.74) is 0. The van der Waals surface area contributed by atoms with Gasteiger partial charge >= 0.3 is 0 Å². The molecule has 0 aromatic carbocycles. The molecule has 7 nitrogen and oxygen atoms in total. The largest absolute Gasteiger partial charge is 0.382 e. The van der Waals surface area contributed by atoms with Gasteiger partial charge in [-0.05, 0) is 19.8 Å². The summed E-state index contributed by atoms with van der Waals surface area (Å²) in [5.74, 6) is 0.776. The number of hydrogen-bond donors (Lipinski definition) is 2. The number of hydrogen-bond acceptors (Lipinski definition) is 5. The Hall–Kier alpha value is -0.860. The number of ether oxygens (including phenoxy) is 2. The molecule has 21 heavy (non-hydrogen) atoms. The maximum Gasteiger partial charge on any atom is 0.191 e. The zero-order chi connectivity index (χ0) is 16.0. The molecule has 0 aliphatic heterocycles. The predicted octanol–water partition coefficient (Wildman–Crippen LogP) is 0.0293. The molecule has 0 aliphatic rings. The summed E-state index contributed by atoms with van der Waals surface area (Å²) in [6.07, 6.45) is 3.24. The number of unbranched alkanes of at least 4 members (excludes halogenated alkanes) is 1. The van der Waals surface area contributed by atoms with Gasteiger partial charge < -0.3 is 20.1 Å². The standard InChI is InChI=1S/C13H29N3O4S/c1-4-19-9-6-5-7-15-13(14-2)16-8-10-20-11-12-21(3,17)18/h4-12H2,1-3H3,(H2,14,15,16). The quantitative estimate of drug-likeness (QED) is 0.299. The second-order valence-electron chi connectivity index (χ2n) is 4.57. The Balaban J connectivity index is 3.50. The first-order chi connectivity index (χ1) is 9.99. The molecule has 2 N–H and O–H groups in total. The number of nitrogens with one attached hydrogen (secondary N) is 2. The highest BCUT2D eigenvalue weighted by molar-refractivity contribution is 7.90. The van der Waals surface area contributed by atoms with Crippen molar-refractivity contribution in [1.82, 2.24) is 10.6 Å². The highest BCUT2D eigenvalue weighted by Crippen LogP contribution is 1.88. The van der Waals surface area contributed by atoms with Crippen LogP contribution in [0.15, 0.2) is 4.99 Å². The van der Waals surface area contributed by atoms with Crippen LogP contribution in [0.2, 0.25) is 0 Å². The van der Waals surface area contributed by atoms with Crippen molar-refractivity contribution in [2.75, 3.05) is 58.6 Å². The Morgan fingerprint density at radius 1 is 1.05 bits per heavy atom. The average Bonchev–Trinajstić information content (AvgIpc) is 2.42. The zero-order valence-electron chi connectivity index (χ0n) is 13.4. The molecule has 0 aromatic rings. The van der Waals surface area contributed by atoms with Crippen LogP contribution in [0, 0.1) is 0 Å². The molecule has 0 rings (SSSR count). The molecule has 0 saturated heterocycles. The third-order valence-electron chi connectivity index (χ3n) is 2.57. The summed E-state index contributed by atoms with van der Waals surface area (Å²) in [4.78, 5) is 4.09. The van der Waals surface area contributed by atoms with Gasteiger partial charge in [-0.3, -0.25) is 4.99 Å². The lowest BCUT2D eigenvalue weighted by atomic mass is 10.3. The van der Waals surface area contributed by atoms with Crippen molar-refractivity contribution in [2.24, 2.45) is 4.99 Å². The molecular formula is C13H29N3O4S. The number of sulfone groups is 1. The molecule has 0 saturated carbocycles. The fourth-order valence-electron chi connectivity index (χ4n) is 1.45. The van der Waals surface area contributed by atoms with E-state index in [9.17, 15) is 8.42 Å². The summed E-state index contributed by atoms with van der Waals surface area (Å²) in [6.45, 7) is 5.63. The first-order valence-corrected chi connectivity index (χ1v) is 9.33. The van der Waals surface area contributed by atoms with Crippen LogP contribution in [0.4, 0.5) is 0 Å². The molecule has 8 heteroatoms. The lowest BCUT2D eigenvalue weighted by molar-refractivity contribution is 0.143. The number of aliphatic imine (C=N–C) groups is 1. The summed E-state index contributed by atoms with van der Waals surface area (Å²) >= 11 is 0. The van der Waals surface area contributed by atoms with E-state index in [1.165, 1.54) is 6.26 Å². The summed E-state index contributed by atoms with van der Waals surface area (Å²) in [7, 11) is -1.24. The van der Waals surface area contributed by atoms with Crippen molar-refractivity contribution in [3.8, 4) is 0 Å². The van der Waals surface area contributed by atoms with E-state index in [2.05, 4.69) is 15.6 Å². The van der Waals surface area contributed by atoms with Gasteiger partial charge in [0, 0.05) is 39.6 Å². The van der Waals surface area contributed by atoms with Crippen molar-refractivity contribution < 1.29 is 17.9 Å². The molecule has 0 aliphatic carbocycles. The van der Waals surface area contributed by atoms with E-state index in [1.54, 1.807) is 7.05 Å². The van der Waals surface area contributed by atoms with Crippen LogP contribution in [0.1, 0.15) is 19.8 Å². The van der Waals surface area contributed by atoms with Gasteiger partial charge in [-0.25, -0.2) is 8.42 Å². The highest BCUT2D eigenvalue weighted by atomic mass is 32.2. The SMILES string of the molecule is CCOCCCCNC(=NC)NCCOCCS(C)(=O)=O. The number of guanidine groups is 1. The molecule has 0 heterocycles. The van der Waals surface area contributed by atoms with Gasteiger partial charge in [0.05, 0.1) is 19.0 Å². The minimum absolute atomic E-state index is 0.0554. The first kappa shape index (κ1) is 20.1. The maximum atomic E-state index is 10.9. The van der Waals surface area contributed by atoms with E-state index in [1.807, 2.05) is 6.92 Å². The fraction of sp³-hybridized carbons (Fsp3) is 0.923. The van der Waals surface area contributed by atoms with Crippen molar-refractivity contribution in [3.63, 3.8) is 0 Å². The molecule has 0 amide bonds. The minimum Gasteiger partial charge on any atom is -0.382 e. The molecule has 0 bridgehead atoms. The summed E-state index contributed by atoms with van der Waals surface area (Å²) < 4.78 is 32.3. The molecule has 0 aromatic heterocycles. The molecule has 126 valence electrons. The monoisotopic (exact) mass is 323 g/mol. The van der Waals surface area contributed by atoms with Gasteiger partial charge in [0.2, 0.25) is 0 Å². The second kappa shape index (κ2) is 12.8. The summed E-state index contributed by atoms with van der Waals surface area (Å²) in [5, 5.41) is 6.30. The normalized spacial score (nSPS) is 12.4. The van der Waals surface area contributed by atoms with Gasteiger partial charge in [0.1, 0.15) is 9.84 Å². The number of rotatable bonds is 12. The second-order valence-corrected chi connectivity index (χ2v) is 6.83. The van der Waals surface area contributed by atoms with Crippen molar-refractivity contribution >= 4 is 15.8 Å². The van der Waals surface area contributed by atoms with Gasteiger partial charge in [0.15, 0.2) is 5.96 Å². The lowest BCUT2D eigenvalue weighted by Gasteiger charge is -2.12. The van der Waals surface area contributed by atoms with Gasteiger partial charge in [0.25, 0.3) is 0 Å². The van der Waals surface area contributed by atoms with Crippen molar-refractivity contribution in [1.29, 1.82) is 0 Å². The molecule has 0 unspecified atom stereocenters. The third-order valence-corrected chi connectivity index (χ3v) is 3.48. The minimum atomic E-state index is -2.95. The fourth-order valence-corrected chi connectivity index (χ4v) is 1.88. The zero-order valence-corrected chi connectivity index (χ0v) is 14.2. The van der Waals surface area contributed by atoms with E-state index < -0.39 is 9.84 Å². The Kier molecular flexibility index (Phi) is 12.3.